The molecule has 3 nitrogen and oxygen atoms in total. The minimum Gasteiger partial charge on any atom is -0.468 e. The molecular weight excluding hydrogens is 284 g/mol. The molecule has 0 aliphatic carbocycles. The Balaban J connectivity index is 1.71. The highest BCUT2D eigenvalue weighted by Gasteiger charge is 2.27. The lowest BCUT2D eigenvalue weighted by molar-refractivity contribution is 0.199. The predicted molar refractivity (Wildman–Crippen MR) is 94.3 cm³/mol. The molecule has 2 unspecified atom stereocenters. The molecule has 0 spiro atoms. The van der Waals surface area contributed by atoms with Gasteiger partial charge in [0.1, 0.15) is 5.76 Å². The first-order valence-electron chi connectivity index (χ1n) is 8.81. The Morgan fingerprint density at radius 2 is 1.78 bits per heavy atom. The van der Waals surface area contributed by atoms with E-state index in [0.717, 1.165) is 12.3 Å². The minimum atomic E-state index is 0.331. The highest BCUT2D eigenvalue weighted by Crippen LogP contribution is 2.27. The van der Waals surface area contributed by atoms with Crippen LogP contribution in [-0.2, 0) is 0 Å². The van der Waals surface area contributed by atoms with Crippen molar-refractivity contribution in [2.24, 2.45) is 5.92 Å². The average molecular weight is 312 g/mol. The summed E-state index contributed by atoms with van der Waals surface area (Å²) < 4.78 is 5.72. The molecule has 0 radical (unpaired) electrons. The zero-order valence-electron chi connectivity index (χ0n) is 14.2. The van der Waals surface area contributed by atoms with Crippen molar-refractivity contribution in [1.82, 2.24) is 10.2 Å². The van der Waals surface area contributed by atoms with E-state index in [-0.39, 0.29) is 0 Å². The Bertz CT molecular complexity index is 559. The standard InChI is InChI=1S/C20H28N2O/c1-16(2)20(17-9-4-3-5-10-17)21-15-18(19-11-8-14-23-19)22-12-6-7-13-22/h3-5,8-11,14,16,18,20-21H,6-7,12-13,15H2,1-2H3. The number of hydrogen-bond acceptors (Lipinski definition) is 3. The molecule has 1 N–H and O–H groups in total. The molecule has 2 atom stereocenters. The fourth-order valence-electron chi connectivity index (χ4n) is 3.58. The molecule has 0 amide bonds. The van der Waals surface area contributed by atoms with E-state index in [0.29, 0.717) is 18.0 Å². The summed E-state index contributed by atoms with van der Waals surface area (Å²) in [6.07, 6.45) is 4.38. The second-order valence-electron chi connectivity index (χ2n) is 6.81. The Hall–Kier alpha value is -1.58. The zero-order chi connectivity index (χ0) is 16.1. The van der Waals surface area contributed by atoms with Crippen LogP contribution in [0.4, 0.5) is 0 Å². The molecule has 1 aromatic heterocycles. The maximum absolute atomic E-state index is 5.72. The monoisotopic (exact) mass is 312 g/mol. The highest BCUT2D eigenvalue weighted by molar-refractivity contribution is 5.19. The topological polar surface area (TPSA) is 28.4 Å². The van der Waals surface area contributed by atoms with E-state index in [2.05, 4.69) is 60.5 Å². The van der Waals surface area contributed by atoms with Crippen LogP contribution in [0.1, 0.15) is 50.1 Å². The summed E-state index contributed by atoms with van der Waals surface area (Å²) in [5.41, 5.74) is 1.36. The predicted octanol–water partition coefficient (Wildman–Crippen LogP) is 4.40. The lowest BCUT2D eigenvalue weighted by Gasteiger charge is -2.30. The van der Waals surface area contributed by atoms with Gasteiger partial charge in [-0.3, -0.25) is 4.90 Å². The van der Waals surface area contributed by atoms with Crippen LogP contribution in [0.15, 0.2) is 53.1 Å². The van der Waals surface area contributed by atoms with E-state index in [1.54, 1.807) is 6.26 Å². The summed E-state index contributed by atoms with van der Waals surface area (Å²) in [7, 11) is 0. The average Bonchev–Trinajstić information content (AvgIpc) is 3.26. The van der Waals surface area contributed by atoms with Crippen molar-refractivity contribution in [3.05, 3.63) is 60.1 Å². The Labute approximate surface area is 139 Å². The third-order valence-corrected chi connectivity index (χ3v) is 4.81. The summed E-state index contributed by atoms with van der Waals surface area (Å²) in [5.74, 6) is 1.63. The summed E-state index contributed by atoms with van der Waals surface area (Å²) in [5, 5.41) is 3.80. The second-order valence-corrected chi connectivity index (χ2v) is 6.81. The minimum absolute atomic E-state index is 0.331. The maximum atomic E-state index is 5.72. The molecule has 1 aromatic carbocycles. The number of furan rings is 1. The van der Waals surface area contributed by atoms with E-state index < -0.39 is 0 Å². The van der Waals surface area contributed by atoms with Crippen molar-refractivity contribution in [2.75, 3.05) is 19.6 Å². The molecule has 1 fully saturated rings. The summed E-state index contributed by atoms with van der Waals surface area (Å²) in [4.78, 5) is 2.55. The first-order valence-corrected chi connectivity index (χ1v) is 8.81. The van der Waals surface area contributed by atoms with Crippen LogP contribution in [0.25, 0.3) is 0 Å². The van der Waals surface area contributed by atoms with E-state index in [9.17, 15) is 0 Å². The number of nitrogens with one attached hydrogen (secondary N) is 1. The van der Waals surface area contributed by atoms with Crippen molar-refractivity contribution in [3.8, 4) is 0 Å². The molecule has 0 saturated carbocycles. The van der Waals surface area contributed by atoms with Gasteiger partial charge in [-0.05, 0) is 49.5 Å². The third kappa shape index (κ3) is 4.04. The first-order chi connectivity index (χ1) is 11.3. The van der Waals surface area contributed by atoms with Crippen molar-refractivity contribution in [2.45, 2.75) is 38.8 Å². The molecule has 1 aliphatic rings. The molecule has 1 saturated heterocycles. The summed E-state index contributed by atoms with van der Waals surface area (Å²) >= 11 is 0. The molecule has 1 aliphatic heterocycles. The van der Waals surface area contributed by atoms with Gasteiger partial charge in [-0.2, -0.15) is 0 Å². The van der Waals surface area contributed by atoms with Gasteiger partial charge >= 0.3 is 0 Å². The second kappa shape index (κ2) is 7.80. The van der Waals surface area contributed by atoms with Crippen LogP contribution in [0.2, 0.25) is 0 Å². The number of benzene rings is 1. The summed E-state index contributed by atoms with van der Waals surface area (Å²) in [6, 6.07) is 15.6. The van der Waals surface area contributed by atoms with Crippen molar-refractivity contribution in [3.63, 3.8) is 0 Å². The fraction of sp³-hybridized carbons (Fsp3) is 0.500. The largest absolute Gasteiger partial charge is 0.468 e. The van der Waals surface area contributed by atoms with E-state index >= 15 is 0 Å². The smallest absolute Gasteiger partial charge is 0.122 e. The van der Waals surface area contributed by atoms with Crippen LogP contribution in [0, 0.1) is 5.92 Å². The molecule has 124 valence electrons. The zero-order valence-corrected chi connectivity index (χ0v) is 14.2. The molecule has 0 bridgehead atoms. The van der Waals surface area contributed by atoms with Gasteiger partial charge in [0, 0.05) is 12.6 Å². The maximum Gasteiger partial charge on any atom is 0.122 e. The van der Waals surface area contributed by atoms with Crippen molar-refractivity contribution < 1.29 is 4.42 Å². The van der Waals surface area contributed by atoms with Crippen LogP contribution >= 0.6 is 0 Å². The number of hydrogen-bond donors (Lipinski definition) is 1. The molecule has 23 heavy (non-hydrogen) atoms. The molecule has 2 aromatic rings. The molecule has 3 heteroatoms. The first kappa shape index (κ1) is 16.3. The van der Waals surface area contributed by atoms with Gasteiger partial charge < -0.3 is 9.73 Å². The van der Waals surface area contributed by atoms with Crippen LogP contribution in [0.3, 0.4) is 0 Å². The van der Waals surface area contributed by atoms with Gasteiger partial charge in [0.05, 0.1) is 12.3 Å². The van der Waals surface area contributed by atoms with Gasteiger partial charge in [-0.25, -0.2) is 0 Å². The van der Waals surface area contributed by atoms with E-state index in [4.69, 9.17) is 4.42 Å². The SMILES string of the molecule is CC(C)C(NCC(c1ccco1)N1CCCC1)c1ccccc1. The Morgan fingerprint density at radius 3 is 2.39 bits per heavy atom. The molecule has 3 rings (SSSR count). The normalized spacial score (nSPS) is 18.4. The van der Waals surface area contributed by atoms with Crippen LogP contribution in [0.5, 0.6) is 0 Å². The quantitative estimate of drug-likeness (QED) is 0.821. The van der Waals surface area contributed by atoms with Gasteiger partial charge in [-0.1, -0.05) is 44.2 Å². The molecule has 2 heterocycles. The molecular formula is C20H28N2O. The number of likely N-dealkylation sites (tertiary alicyclic amines) is 1. The van der Waals surface area contributed by atoms with E-state index in [1.807, 2.05) is 6.07 Å². The van der Waals surface area contributed by atoms with Crippen LogP contribution in [-0.4, -0.2) is 24.5 Å². The highest BCUT2D eigenvalue weighted by atomic mass is 16.3. The Morgan fingerprint density at radius 1 is 1.04 bits per heavy atom. The van der Waals surface area contributed by atoms with Crippen molar-refractivity contribution >= 4 is 0 Å². The fourth-order valence-corrected chi connectivity index (χ4v) is 3.58. The third-order valence-electron chi connectivity index (χ3n) is 4.81. The number of rotatable bonds is 7. The van der Waals surface area contributed by atoms with Crippen LogP contribution < -0.4 is 5.32 Å². The van der Waals surface area contributed by atoms with Gasteiger partial charge in [0.25, 0.3) is 0 Å². The van der Waals surface area contributed by atoms with Gasteiger partial charge in [0.15, 0.2) is 0 Å². The summed E-state index contributed by atoms with van der Waals surface area (Å²) in [6.45, 7) is 7.82. The van der Waals surface area contributed by atoms with E-state index in [1.165, 1.54) is 31.5 Å². The van der Waals surface area contributed by atoms with Gasteiger partial charge in [0.2, 0.25) is 0 Å². The lowest BCUT2D eigenvalue weighted by Crippen LogP contribution is -2.37. The Kier molecular flexibility index (Phi) is 5.52. The van der Waals surface area contributed by atoms with Gasteiger partial charge in [-0.15, -0.1) is 0 Å². The van der Waals surface area contributed by atoms with Crippen molar-refractivity contribution in [1.29, 1.82) is 0 Å². The number of nitrogens with zero attached hydrogens (tertiary/aromatic N) is 1. The lowest BCUT2D eigenvalue weighted by atomic mass is 9.95.